The van der Waals surface area contributed by atoms with Crippen molar-refractivity contribution in [3.63, 3.8) is 0 Å². The third-order valence-corrected chi connectivity index (χ3v) is 4.18. The van der Waals surface area contributed by atoms with Crippen LogP contribution in [-0.2, 0) is 19.2 Å². The van der Waals surface area contributed by atoms with Crippen molar-refractivity contribution in [1.29, 1.82) is 0 Å². The van der Waals surface area contributed by atoms with E-state index in [0.29, 0.717) is 49.3 Å². The Kier molecular flexibility index (Phi) is 9.94. The average molecular weight is 429 g/mol. The number of carboxylic acids is 2. The van der Waals surface area contributed by atoms with Gasteiger partial charge < -0.3 is 24.7 Å². The van der Waals surface area contributed by atoms with Crippen LogP contribution in [0.5, 0.6) is 5.75 Å². The number of piperazine rings is 1. The van der Waals surface area contributed by atoms with Crippen LogP contribution >= 0.6 is 11.6 Å². The minimum absolute atomic E-state index is 0.00156. The number of rotatable bonds is 5. The normalized spacial score (nSPS) is 13.4. The number of hydrogen-bond acceptors (Lipinski definition) is 5. The van der Waals surface area contributed by atoms with Gasteiger partial charge >= 0.3 is 11.9 Å². The molecule has 0 spiro atoms. The molecular formula is C19H25ClN2O7. The maximum Gasteiger partial charge on any atom is 0.414 e. The maximum absolute atomic E-state index is 12.2. The zero-order valence-electron chi connectivity index (χ0n) is 16.3. The molecule has 0 saturated carbocycles. The summed E-state index contributed by atoms with van der Waals surface area (Å²) in [5, 5.41) is 15.4. The summed E-state index contributed by atoms with van der Waals surface area (Å²) in [7, 11) is 0. The molecule has 0 bridgehead atoms. The summed E-state index contributed by atoms with van der Waals surface area (Å²) >= 11 is 5.80. The SMILES string of the molecule is CC(C)CC(=O)N1CCN(C(=O)COc2ccc(Cl)cc2)CC1.O=C(O)C(=O)O. The predicted molar refractivity (Wildman–Crippen MR) is 105 cm³/mol. The van der Waals surface area contributed by atoms with Crippen LogP contribution in [-0.4, -0.2) is 76.6 Å². The second-order valence-corrected chi connectivity index (χ2v) is 7.15. The first-order chi connectivity index (χ1) is 13.6. The van der Waals surface area contributed by atoms with Gasteiger partial charge in [-0.25, -0.2) is 9.59 Å². The number of carbonyl (C=O) groups excluding carboxylic acids is 2. The van der Waals surface area contributed by atoms with Gasteiger partial charge in [0.2, 0.25) is 5.91 Å². The minimum atomic E-state index is -1.82. The molecule has 1 saturated heterocycles. The standard InChI is InChI=1S/C17H23ClN2O3.C2H2O4/c1-13(2)11-16(21)19-7-9-20(10-8-19)17(22)12-23-15-5-3-14(18)4-6-15;3-1(4)2(5)6/h3-6,13H,7-12H2,1-2H3;(H,3,4)(H,5,6). The number of amides is 2. The highest BCUT2D eigenvalue weighted by atomic mass is 35.5. The van der Waals surface area contributed by atoms with Gasteiger partial charge in [0.15, 0.2) is 6.61 Å². The molecular weight excluding hydrogens is 404 g/mol. The van der Waals surface area contributed by atoms with Gasteiger partial charge in [0, 0.05) is 37.6 Å². The molecule has 1 aliphatic rings. The molecule has 160 valence electrons. The molecule has 0 aliphatic carbocycles. The Labute approximate surface area is 173 Å². The molecule has 9 nitrogen and oxygen atoms in total. The van der Waals surface area contributed by atoms with Crippen LogP contribution in [0.2, 0.25) is 5.02 Å². The van der Waals surface area contributed by atoms with Crippen molar-refractivity contribution in [2.24, 2.45) is 5.92 Å². The van der Waals surface area contributed by atoms with E-state index in [1.165, 1.54) is 0 Å². The minimum Gasteiger partial charge on any atom is -0.484 e. The van der Waals surface area contributed by atoms with Crippen LogP contribution in [0.15, 0.2) is 24.3 Å². The number of nitrogens with zero attached hydrogens (tertiary/aromatic N) is 2. The summed E-state index contributed by atoms with van der Waals surface area (Å²) in [6.45, 7) is 6.38. The lowest BCUT2D eigenvalue weighted by Gasteiger charge is -2.35. The van der Waals surface area contributed by atoms with Crippen LogP contribution in [0.25, 0.3) is 0 Å². The van der Waals surface area contributed by atoms with Crippen molar-refractivity contribution < 1.29 is 34.1 Å². The first-order valence-corrected chi connectivity index (χ1v) is 9.38. The molecule has 1 aromatic rings. The number of hydrogen-bond donors (Lipinski definition) is 2. The van der Waals surface area contributed by atoms with E-state index < -0.39 is 11.9 Å². The number of halogens is 1. The van der Waals surface area contributed by atoms with Gasteiger partial charge in [-0.15, -0.1) is 0 Å². The van der Waals surface area contributed by atoms with Gasteiger partial charge in [-0.05, 0) is 30.2 Å². The van der Waals surface area contributed by atoms with Gasteiger partial charge in [-0.2, -0.15) is 0 Å². The highest BCUT2D eigenvalue weighted by Gasteiger charge is 2.24. The molecule has 2 rings (SSSR count). The molecule has 2 N–H and O–H groups in total. The molecule has 1 fully saturated rings. The zero-order chi connectivity index (χ0) is 22.0. The van der Waals surface area contributed by atoms with E-state index in [0.717, 1.165) is 0 Å². The van der Waals surface area contributed by atoms with Crippen molar-refractivity contribution in [3.8, 4) is 5.75 Å². The topological polar surface area (TPSA) is 124 Å². The highest BCUT2D eigenvalue weighted by Crippen LogP contribution is 2.15. The summed E-state index contributed by atoms with van der Waals surface area (Å²) in [6, 6.07) is 6.91. The molecule has 0 radical (unpaired) electrons. The molecule has 10 heteroatoms. The Morgan fingerprint density at radius 3 is 1.79 bits per heavy atom. The molecule has 0 aromatic heterocycles. The van der Waals surface area contributed by atoms with Crippen molar-refractivity contribution >= 4 is 35.4 Å². The summed E-state index contributed by atoms with van der Waals surface area (Å²) in [4.78, 5) is 46.0. The van der Waals surface area contributed by atoms with Crippen molar-refractivity contribution in [2.75, 3.05) is 32.8 Å². The van der Waals surface area contributed by atoms with E-state index in [1.54, 1.807) is 29.2 Å². The van der Waals surface area contributed by atoms with Crippen LogP contribution < -0.4 is 4.74 Å². The zero-order valence-corrected chi connectivity index (χ0v) is 17.1. The largest absolute Gasteiger partial charge is 0.484 e. The number of carbonyl (C=O) groups is 4. The van der Waals surface area contributed by atoms with Gasteiger partial charge in [0.1, 0.15) is 5.75 Å². The van der Waals surface area contributed by atoms with Crippen molar-refractivity contribution in [1.82, 2.24) is 9.80 Å². The summed E-state index contributed by atoms with van der Waals surface area (Å²) in [6.07, 6.45) is 0.563. The summed E-state index contributed by atoms with van der Waals surface area (Å²) in [5.74, 6) is -2.56. The van der Waals surface area contributed by atoms with Crippen LogP contribution in [0.3, 0.4) is 0 Å². The maximum atomic E-state index is 12.2. The fourth-order valence-corrected chi connectivity index (χ4v) is 2.58. The number of carboxylic acid groups (broad SMARTS) is 2. The van der Waals surface area contributed by atoms with E-state index in [9.17, 15) is 9.59 Å². The fraction of sp³-hybridized carbons (Fsp3) is 0.474. The van der Waals surface area contributed by atoms with E-state index in [-0.39, 0.29) is 18.4 Å². The van der Waals surface area contributed by atoms with Crippen molar-refractivity contribution in [3.05, 3.63) is 29.3 Å². The molecule has 2 amide bonds. The van der Waals surface area contributed by atoms with Crippen LogP contribution in [0.1, 0.15) is 20.3 Å². The Morgan fingerprint density at radius 1 is 0.931 bits per heavy atom. The van der Waals surface area contributed by atoms with E-state index in [2.05, 4.69) is 0 Å². The molecule has 29 heavy (non-hydrogen) atoms. The first-order valence-electron chi connectivity index (χ1n) is 9.00. The molecule has 1 heterocycles. The van der Waals surface area contributed by atoms with Gasteiger partial charge in [0.05, 0.1) is 0 Å². The van der Waals surface area contributed by atoms with Gasteiger partial charge in [-0.1, -0.05) is 25.4 Å². The summed E-state index contributed by atoms with van der Waals surface area (Å²) < 4.78 is 5.47. The Balaban J connectivity index is 0.000000612. The number of benzene rings is 1. The number of aliphatic carboxylic acids is 2. The molecule has 1 aromatic carbocycles. The first kappa shape index (κ1) is 24.2. The Bertz CT molecular complexity index is 702. The molecule has 1 aliphatic heterocycles. The third kappa shape index (κ3) is 9.29. The van der Waals surface area contributed by atoms with E-state index in [4.69, 9.17) is 36.1 Å². The molecule has 0 unspecified atom stereocenters. The van der Waals surface area contributed by atoms with E-state index in [1.807, 2.05) is 18.7 Å². The van der Waals surface area contributed by atoms with Gasteiger partial charge in [0.25, 0.3) is 5.91 Å². The average Bonchev–Trinajstić information content (AvgIpc) is 2.67. The fourth-order valence-electron chi connectivity index (χ4n) is 2.45. The summed E-state index contributed by atoms with van der Waals surface area (Å²) in [5.41, 5.74) is 0. The van der Waals surface area contributed by atoms with Crippen LogP contribution in [0, 0.1) is 5.92 Å². The monoisotopic (exact) mass is 428 g/mol. The number of ether oxygens (including phenoxy) is 1. The third-order valence-electron chi connectivity index (χ3n) is 3.93. The lowest BCUT2D eigenvalue weighted by Crippen LogP contribution is -2.51. The quantitative estimate of drug-likeness (QED) is 0.682. The predicted octanol–water partition coefficient (Wildman–Crippen LogP) is 1.59. The molecule has 0 atom stereocenters. The van der Waals surface area contributed by atoms with E-state index >= 15 is 0 Å². The highest BCUT2D eigenvalue weighted by molar-refractivity contribution is 6.30. The second-order valence-electron chi connectivity index (χ2n) is 6.71. The van der Waals surface area contributed by atoms with Gasteiger partial charge in [-0.3, -0.25) is 9.59 Å². The Hall–Kier alpha value is -2.81. The van der Waals surface area contributed by atoms with Crippen molar-refractivity contribution in [2.45, 2.75) is 20.3 Å². The second kappa shape index (κ2) is 11.9. The lowest BCUT2D eigenvalue weighted by molar-refractivity contribution is -0.159. The van der Waals surface area contributed by atoms with Crippen LogP contribution in [0.4, 0.5) is 0 Å². The lowest BCUT2D eigenvalue weighted by atomic mass is 10.1. The smallest absolute Gasteiger partial charge is 0.414 e. The Morgan fingerprint density at radius 2 is 1.38 bits per heavy atom.